The third-order valence-electron chi connectivity index (χ3n) is 5.89. The zero-order valence-electron chi connectivity index (χ0n) is 15.7. The van der Waals surface area contributed by atoms with Crippen LogP contribution in [0.5, 0.6) is 0 Å². The average Bonchev–Trinajstić information content (AvgIpc) is 2.68. The van der Waals surface area contributed by atoms with E-state index in [0.717, 1.165) is 38.4 Å². The monoisotopic (exact) mass is 344 g/mol. The number of aromatic nitrogens is 1. The van der Waals surface area contributed by atoms with Crippen LogP contribution in [0.1, 0.15) is 44.7 Å². The number of carbonyl (C=O) groups excluding carboxylic acids is 1. The minimum atomic E-state index is -0.0103. The Hall–Kier alpha value is -1.46. The molecule has 5 heteroatoms. The summed E-state index contributed by atoms with van der Waals surface area (Å²) in [5, 5.41) is 0. The van der Waals surface area contributed by atoms with E-state index in [1.54, 1.807) is 0 Å². The molecule has 0 N–H and O–H groups in total. The van der Waals surface area contributed by atoms with Gasteiger partial charge in [0.15, 0.2) is 0 Å². The third-order valence-corrected chi connectivity index (χ3v) is 5.89. The summed E-state index contributed by atoms with van der Waals surface area (Å²) in [6.45, 7) is 6.90. The molecule has 1 atom stereocenters. The van der Waals surface area contributed by atoms with E-state index in [2.05, 4.69) is 27.8 Å². The molecule has 2 fully saturated rings. The Bertz CT molecular complexity index is 536. The van der Waals surface area contributed by atoms with Crippen molar-refractivity contribution < 1.29 is 4.79 Å². The molecule has 3 rings (SSSR count). The Morgan fingerprint density at radius 1 is 1.20 bits per heavy atom. The summed E-state index contributed by atoms with van der Waals surface area (Å²) in [6.07, 6.45) is 8.06. The minimum Gasteiger partial charge on any atom is -0.341 e. The van der Waals surface area contributed by atoms with Gasteiger partial charge in [-0.25, -0.2) is 0 Å². The molecule has 138 valence electrons. The molecular formula is C20H32N4O. The van der Waals surface area contributed by atoms with Crippen molar-refractivity contribution in [1.82, 2.24) is 19.7 Å². The topological polar surface area (TPSA) is 39.7 Å². The molecule has 1 saturated heterocycles. The van der Waals surface area contributed by atoms with Gasteiger partial charge in [0, 0.05) is 52.0 Å². The van der Waals surface area contributed by atoms with E-state index in [9.17, 15) is 4.79 Å². The largest absolute Gasteiger partial charge is 0.341 e. The second-order valence-corrected chi connectivity index (χ2v) is 7.55. The van der Waals surface area contributed by atoms with E-state index in [-0.39, 0.29) is 6.04 Å². The molecule has 1 amide bonds. The maximum atomic E-state index is 12.9. The van der Waals surface area contributed by atoms with E-state index >= 15 is 0 Å². The van der Waals surface area contributed by atoms with Crippen molar-refractivity contribution >= 4 is 5.91 Å². The van der Waals surface area contributed by atoms with Crippen LogP contribution in [0.2, 0.25) is 0 Å². The van der Waals surface area contributed by atoms with Gasteiger partial charge >= 0.3 is 0 Å². The third kappa shape index (κ3) is 4.79. The van der Waals surface area contributed by atoms with Crippen LogP contribution in [-0.2, 0) is 11.3 Å². The van der Waals surface area contributed by atoms with Crippen LogP contribution in [0.4, 0.5) is 0 Å². The van der Waals surface area contributed by atoms with E-state index in [1.807, 2.05) is 30.3 Å². The molecule has 1 aromatic heterocycles. The highest BCUT2D eigenvalue weighted by molar-refractivity contribution is 5.81. The maximum absolute atomic E-state index is 12.9. The Kier molecular flexibility index (Phi) is 6.43. The minimum absolute atomic E-state index is 0.0103. The first-order valence-corrected chi connectivity index (χ1v) is 9.78. The second-order valence-electron chi connectivity index (χ2n) is 7.55. The SMILES string of the molecule is CC(C(=O)N(C)C1CCCCC1)N1CCN(Cc2ccccn2)CC1. The van der Waals surface area contributed by atoms with Crippen LogP contribution < -0.4 is 0 Å². The Balaban J connectivity index is 1.47. The van der Waals surface area contributed by atoms with E-state index in [0.29, 0.717) is 11.9 Å². The molecule has 25 heavy (non-hydrogen) atoms. The van der Waals surface area contributed by atoms with Gasteiger partial charge in [-0.2, -0.15) is 0 Å². The average molecular weight is 345 g/mol. The Morgan fingerprint density at radius 3 is 2.56 bits per heavy atom. The van der Waals surface area contributed by atoms with Gasteiger partial charge in [-0.15, -0.1) is 0 Å². The quantitative estimate of drug-likeness (QED) is 0.822. The fourth-order valence-corrected chi connectivity index (χ4v) is 4.13. The van der Waals surface area contributed by atoms with E-state index in [4.69, 9.17) is 0 Å². The fourth-order valence-electron chi connectivity index (χ4n) is 4.13. The van der Waals surface area contributed by atoms with Crippen LogP contribution in [0.3, 0.4) is 0 Å². The molecule has 1 aromatic rings. The van der Waals surface area contributed by atoms with Gasteiger partial charge in [-0.1, -0.05) is 25.3 Å². The molecule has 1 saturated carbocycles. The highest BCUT2D eigenvalue weighted by Gasteiger charge is 2.30. The molecule has 0 bridgehead atoms. The number of pyridine rings is 1. The zero-order valence-corrected chi connectivity index (χ0v) is 15.7. The standard InChI is InChI=1S/C20H32N4O/c1-17(20(25)22(2)19-9-4-3-5-10-19)24-14-12-23(13-15-24)16-18-8-6-7-11-21-18/h6-8,11,17,19H,3-5,9-10,12-16H2,1-2H3. The number of likely N-dealkylation sites (N-methyl/N-ethyl adjacent to an activating group) is 1. The lowest BCUT2D eigenvalue weighted by Gasteiger charge is -2.40. The summed E-state index contributed by atoms with van der Waals surface area (Å²) < 4.78 is 0. The molecule has 1 aliphatic heterocycles. The van der Waals surface area contributed by atoms with Crippen LogP contribution >= 0.6 is 0 Å². The molecule has 1 aliphatic carbocycles. The highest BCUT2D eigenvalue weighted by atomic mass is 16.2. The number of rotatable bonds is 5. The maximum Gasteiger partial charge on any atom is 0.239 e. The van der Waals surface area contributed by atoms with Crippen molar-refractivity contribution in [3.05, 3.63) is 30.1 Å². The van der Waals surface area contributed by atoms with E-state index in [1.165, 1.54) is 32.1 Å². The van der Waals surface area contributed by atoms with Gasteiger partial charge in [-0.3, -0.25) is 19.6 Å². The molecule has 0 aromatic carbocycles. The summed E-state index contributed by atoms with van der Waals surface area (Å²) >= 11 is 0. The summed E-state index contributed by atoms with van der Waals surface area (Å²) in [6, 6.07) is 6.52. The fraction of sp³-hybridized carbons (Fsp3) is 0.700. The smallest absolute Gasteiger partial charge is 0.239 e. The number of piperazine rings is 1. The number of hydrogen-bond acceptors (Lipinski definition) is 4. The number of carbonyl (C=O) groups is 1. The molecule has 2 aliphatic rings. The van der Waals surface area contributed by atoms with Gasteiger partial charge in [0.2, 0.25) is 5.91 Å². The number of amides is 1. The van der Waals surface area contributed by atoms with Gasteiger partial charge in [0.25, 0.3) is 0 Å². The molecule has 1 unspecified atom stereocenters. The first kappa shape index (κ1) is 18.3. The predicted octanol–water partition coefficient (Wildman–Crippen LogP) is 2.38. The second kappa shape index (κ2) is 8.77. The highest BCUT2D eigenvalue weighted by Crippen LogP contribution is 2.23. The van der Waals surface area contributed by atoms with Crippen molar-refractivity contribution in [2.24, 2.45) is 0 Å². The summed E-state index contributed by atoms with van der Waals surface area (Å²) in [4.78, 5) is 24.1. The van der Waals surface area contributed by atoms with Crippen molar-refractivity contribution in [1.29, 1.82) is 0 Å². The van der Waals surface area contributed by atoms with Gasteiger partial charge in [-0.05, 0) is 31.9 Å². The first-order valence-electron chi connectivity index (χ1n) is 9.78. The molecule has 0 spiro atoms. The van der Waals surface area contributed by atoms with Gasteiger partial charge < -0.3 is 4.90 Å². The zero-order chi connectivity index (χ0) is 17.6. The van der Waals surface area contributed by atoms with Crippen molar-refractivity contribution in [2.75, 3.05) is 33.2 Å². The molecule has 5 nitrogen and oxygen atoms in total. The van der Waals surface area contributed by atoms with Crippen molar-refractivity contribution in [2.45, 2.75) is 57.7 Å². The van der Waals surface area contributed by atoms with Crippen LogP contribution in [0, 0.1) is 0 Å². The molecular weight excluding hydrogens is 312 g/mol. The van der Waals surface area contributed by atoms with E-state index < -0.39 is 0 Å². The lowest BCUT2D eigenvalue weighted by molar-refractivity contribution is -0.138. The van der Waals surface area contributed by atoms with Gasteiger partial charge in [0.1, 0.15) is 0 Å². The van der Waals surface area contributed by atoms with Crippen molar-refractivity contribution in [3.63, 3.8) is 0 Å². The number of nitrogens with zero attached hydrogens (tertiary/aromatic N) is 4. The number of hydrogen-bond donors (Lipinski definition) is 0. The Labute approximate surface area is 152 Å². The summed E-state index contributed by atoms with van der Waals surface area (Å²) in [7, 11) is 2.01. The first-order chi connectivity index (χ1) is 12.1. The van der Waals surface area contributed by atoms with Gasteiger partial charge in [0.05, 0.1) is 11.7 Å². The summed E-state index contributed by atoms with van der Waals surface area (Å²) in [5.74, 6) is 0.296. The summed E-state index contributed by atoms with van der Waals surface area (Å²) in [5.41, 5.74) is 1.12. The van der Waals surface area contributed by atoms with Crippen molar-refractivity contribution in [3.8, 4) is 0 Å². The predicted molar refractivity (Wildman–Crippen MR) is 100 cm³/mol. The normalized spacial score (nSPS) is 21.8. The Morgan fingerprint density at radius 2 is 1.92 bits per heavy atom. The van der Waals surface area contributed by atoms with Crippen LogP contribution in [-0.4, -0.2) is 70.9 Å². The van der Waals surface area contributed by atoms with Crippen LogP contribution in [0.15, 0.2) is 24.4 Å². The lowest BCUT2D eigenvalue weighted by atomic mass is 9.94. The molecule has 2 heterocycles. The lowest BCUT2D eigenvalue weighted by Crippen LogP contribution is -2.55. The van der Waals surface area contributed by atoms with Crippen LogP contribution in [0.25, 0.3) is 0 Å². The molecule has 0 radical (unpaired) electrons.